The SMILES string of the molecule is CC1C(=O)c2c(ccc3ccccc23)-c2cc3ccccc3cc21. The van der Waals surface area contributed by atoms with Crippen LogP contribution in [0.3, 0.4) is 0 Å². The van der Waals surface area contributed by atoms with E-state index in [-0.39, 0.29) is 11.7 Å². The molecule has 0 fully saturated rings. The summed E-state index contributed by atoms with van der Waals surface area (Å²) >= 11 is 0. The summed E-state index contributed by atoms with van der Waals surface area (Å²) in [5.41, 5.74) is 4.28. The molecular formula is C23H16O. The normalized spacial score (nSPS) is 16.2. The number of fused-ring (bicyclic) bond motifs is 6. The molecule has 0 saturated heterocycles. The second kappa shape index (κ2) is 4.78. The molecule has 4 aromatic rings. The molecule has 24 heavy (non-hydrogen) atoms. The lowest BCUT2D eigenvalue weighted by atomic mass is 9.76. The molecule has 1 aliphatic carbocycles. The summed E-state index contributed by atoms with van der Waals surface area (Å²) in [6, 6.07) is 25.2. The van der Waals surface area contributed by atoms with Crippen molar-refractivity contribution in [3.8, 4) is 11.1 Å². The van der Waals surface area contributed by atoms with Crippen LogP contribution in [0.5, 0.6) is 0 Å². The zero-order valence-corrected chi connectivity index (χ0v) is 13.4. The van der Waals surface area contributed by atoms with Crippen LogP contribution in [0.2, 0.25) is 0 Å². The van der Waals surface area contributed by atoms with Gasteiger partial charge in [0.2, 0.25) is 0 Å². The Bertz CT molecular complexity index is 1140. The largest absolute Gasteiger partial charge is 0.293 e. The number of benzene rings is 4. The number of carbonyl (C=O) groups excluding carboxylic acids is 1. The standard InChI is InChI=1S/C23H16O/c1-14-20-12-16-7-2-3-8-17(16)13-21(20)19-11-10-15-6-4-5-9-18(15)22(19)23(14)24/h2-14H,1H3. The average molecular weight is 308 g/mol. The summed E-state index contributed by atoms with van der Waals surface area (Å²) in [7, 11) is 0. The van der Waals surface area contributed by atoms with Gasteiger partial charge in [-0.3, -0.25) is 4.79 Å². The van der Waals surface area contributed by atoms with Crippen molar-refractivity contribution in [1.29, 1.82) is 0 Å². The maximum atomic E-state index is 13.1. The van der Waals surface area contributed by atoms with Gasteiger partial charge in [-0.25, -0.2) is 0 Å². The molecule has 0 amide bonds. The lowest BCUT2D eigenvalue weighted by Crippen LogP contribution is -2.17. The van der Waals surface area contributed by atoms with Crippen molar-refractivity contribution in [2.75, 3.05) is 0 Å². The minimum Gasteiger partial charge on any atom is -0.293 e. The summed E-state index contributed by atoms with van der Waals surface area (Å²) in [5.74, 6) is 0.118. The van der Waals surface area contributed by atoms with Gasteiger partial charge in [-0.05, 0) is 50.4 Å². The predicted molar refractivity (Wildman–Crippen MR) is 99.6 cm³/mol. The van der Waals surface area contributed by atoms with E-state index in [1.165, 1.54) is 16.3 Å². The Morgan fingerprint density at radius 1 is 0.708 bits per heavy atom. The Morgan fingerprint density at radius 2 is 1.38 bits per heavy atom. The highest BCUT2D eigenvalue weighted by molar-refractivity contribution is 6.19. The molecule has 0 heterocycles. The third-order valence-electron chi connectivity index (χ3n) is 5.24. The maximum Gasteiger partial charge on any atom is 0.171 e. The molecule has 114 valence electrons. The molecule has 0 aliphatic heterocycles. The highest BCUT2D eigenvalue weighted by atomic mass is 16.1. The van der Waals surface area contributed by atoms with E-state index >= 15 is 0 Å². The number of ketones is 1. The summed E-state index contributed by atoms with van der Waals surface area (Å²) in [6.07, 6.45) is 0. The fraction of sp³-hybridized carbons (Fsp3) is 0.0870. The molecule has 4 aromatic carbocycles. The number of hydrogen-bond acceptors (Lipinski definition) is 1. The summed E-state index contributed by atoms with van der Waals surface area (Å²) in [6.45, 7) is 2.03. The molecular weight excluding hydrogens is 292 g/mol. The van der Waals surface area contributed by atoms with E-state index in [1.807, 2.05) is 25.1 Å². The van der Waals surface area contributed by atoms with Crippen molar-refractivity contribution in [1.82, 2.24) is 0 Å². The maximum absolute atomic E-state index is 13.1. The quantitative estimate of drug-likeness (QED) is 0.392. The minimum absolute atomic E-state index is 0.108. The second-order valence-electron chi connectivity index (χ2n) is 6.58. The van der Waals surface area contributed by atoms with Gasteiger partial charge >= 0.3 is 0 Å². The fourth-order valence-electron chi connectivity index (χ4n) is 3.97. The highest BCUT2D eigenvalue weighted by Crippen LogP contribution is 2.43. The van der Waals surface area contributed by atoms with E-state index in [1.54, 1.807) is 0 Å². The minimum atomic E-state index is -0.108. The molecule has 0 spiro atoms. The topological polar surface area (TPSA) is 17.1 Å². The van der Waals surface area contributed by atoms with Crippen LogP contribution in [-0.4, -0.2) is 5.78 Å². The third kappa shape index (κ3) is 1.73. The van der Waals surface area contributed by atoms with Crippen LogP contribution in [-0.2, 0) is 0 Å². The Hall–Kier alpha value is -2.93. The zero-order chi connectivity index (χ0) is 16.3. The van der Waals surface area contributed by atoms with Crippen molar-refractivity contribution < 1.29 is 4.79 Å². The Labute approximate surface area is 140 Å². The van der Waals surface area contributed by atoms with Gasteiger partial charge in [0.05, 0.1) is 0 Å². The first-order chi connectivity index (χ1) is 11.7. The average Bonchev–Trinajstić information content (AvgIpc) is 2.64. The van der Waals surface area contributed by atoms with Crippen LogP contribution >= 0.6 is 0 Å². The van der Waals surface area contributed by atoms with E-state index in [0.29, 0.717) is 0 Å². The van der Waals surface area contributed by atoms with Gasteiger partial charge in [-0.1, -0.05) is 67.6 Å². The van der Waals surface area contributed by atoms with Gasteiger partial charge in [0, 0.05) is 11.5 Å². The van der Waals surface area contributed by atoms with Crippen molar-refractivity contribution in [2.45, 2.75) is 12.8 Å². The first-order valence-electron chi connectivity index (χ1n) is 8.33. The van der Waals surface area contributed by atoms with Crippen molar-refractivity contribution >= 4 is 27.3 Å². The van der Waals surface area contributed by atoms with E-state index in [4.69, 9.17) is 0 Å². The molecule has 1 heteroatoms. The Morgan fingerprint density at radius 3 is 2.17 bits per heavy atom. The fourth-order valence-corrected chi connectivity index (χ4v) is 3.97. The van der Waals surface area contributed by atoms with Crippen molar-refractivity contribution in [3.05, 3.63) is 83.9 Å². The van der Waals surface area contributed by atoms with Crippen LogP contribution in [0.1, 0.15) is 28.8 Å². The van der Waals surface area contributed by atoms with Crippen molar-refractivity contribution in [2.24, 2.45) is 0 Å². The first kappa shape index (κ1) is 13.5. The summed E-state index contributed by atoms with van der Waals surface area (Å²) in [5, 5.41) is 4.60. The zero-order valence-electron chi connectivity index (χ0n) is 13.4. The number of carbonyl (C=O) groups is 1. The van der Waals surface area contributed by atoms with Crippen molar-refractivity contribution in [3.63, 3.8) is 0 Å². The Kier molecular flexibility index (Phi) is 2.69. The smallest absolute Gasteiger partial charge is 0.171 e. The third-order valence-corrected chi connectivity index (χ3v) is 5.24. The monoisotopic (exact) mass is 308 g/mol. The van der Waals surface area contributed by atoms with Crippen LogP contribution in [0, 0.1) is 0 Å². The molecule has 0 aromatic heterocycles. The van der Waals surface area contributed by atoms with Gasteiger partial charge in [0.15, 0.2) is 5.78 Å². The van der Waals surface area contributed by atoms with E-state index in [0.717, 1.165) is 27.5 Å². The van der Waals surface area contributed by atoms with Gasteiger partial charge in [0.25, 0.3) is 0 Å². The molecule has 1 nitrogen and oxygen atoms in total. The van der Waals surface area contributed by atoms with Crippen LogP contribution < -0.4 is 0 Å². The summed E-state index contributed by atoms with van der Waals surface area (Å²) < 4.78 is 0. The van der Waals surface area contributed by atoms with Gasteiger partial charge in [-0.2, -0.15) is 0 Å². The molecule has 1 aliphatic rings. The van der Waals surface area contributed by atoms with Gasteiger partial charge < -0.3 is 0 Å². The molecule has 5 rings (SSSR count). The number of Topliss-reactive ketones (excluding diaryl/α,β-unsaturated/α-hetero) is 1. The van der Waals surface area contributed by atoms with E-state index < -0.39 is 0 Å². The lowest BCUT2D eigenvalue weighted by molar-refractivity contribution is 0.0966. The van der Waals surface area contributed by atoms with Crippen LogP contribution in [0.25, 0.3) is 32.7 Å². The molecule has 1 atom stereocenters. The van der Waals surface area contributed by atoms with Crippen LogP contribution in [0.4, 0.5) is 0 Å². The number of hydrogen-bond donors (Lipinski definition) is 0. The molecule has 0 N–H and O–H groups in total. The number of rotatable bonds is 0. The first-order valence-corrected chi connectivity index (χ1v) is 8.33. The predicted octanol–water partition coefficient (Wildman–Crippen LogP) is 5.96. The molecule has 1 unspecified atom stereocenters. The van der Waals surface area contributed by atoms with Gasteiger partial charge in [0.1, 0.15) is 0 Å². The highest BCUT2D eigenvalue weighted by Gasteiger charge is 2.30. The lowest BCUT2D eigenvalue weighted by Gasteiger charge is -2.26. The second-order valence-corrected chi connectivity index (χ2v) is 6.58. The van der Waals surface area contributed by atoms with E-state index in [9.17, 15) is 4.79 Å². The van der Waals surface area contributed by atoms with Gasteiger partial charge in [-0.15, -0.1) is 0 Å². The van der Waals surface area contributed by atoms with Crippen LogP contribution in [0.15, 0.2) is 72.8 Å². The van der Waals surface area contributed by atoms with E-state index in [2.05, 4.69) is 54.6 Å². The summed E-state index contributed by atoms with van der Waals surface area (Å²) in [4.78, 5) is 13.1. The Balaban J connectivity index is 1.93. The molecule has 0 saturated carbocycles. The molecule has 0 radical (unpaired) electrons. The molecule has 0 bridgehead atoms.